The molecule has 1 aromatic rings. The number of hydrogen-bond acceptors (Lipinski definition) is 4. The number of ether oxygens (including phenoxy) is 1. The molecular formula is C14H19N3O. The smallest absolute Gasteiger partial charge is 0.0994 e. The molecule has 1 unspecified atom stereocenters. The van der Waals surface area contributed by atoms with Crippen LogP contribution >= 0.6 is 0 Å². The Morgan fingerprint density at radius 2 is 2.39 bits per heavy atom. The van der Waals surface area contributed by atoms with Crippen LogP contribution in [0.3, 0.4) is 0 Å². The summed E-state index contributed by atoms with van der Waals surface area (Å²) >= 11 is 0. The van der Waals surface area contributed by atoms with Gasteiger partial charge in [-0.3, -0.25) is 0 Å². The average Bonchev–Trinajstić information content (AvgIpc) is 2.39. The number of nitrogens with zero attached hydrogens (tertiary/aromatic N) is 2. The summed E-state index contributed by atoms with van der Waals surface area (Å²) in [5, 5.41) is 12.1. The SMILES string of the molecule is CNCC1CN(c2ccc(C#N)c(C)c2)CCO1. The molecule has 0 bridgehead atoms. The summed E-state index contributed by atoms with van der Waals surface area (Å²) in [6, 6.07) is 8.20. The fraction of sp³-hybridized carbons (Fsp3) is 0.500. The zero-order valence-electron chi connectivity index (χ0n) is 10.9. The molecule has 1 fully saturated rings. The highest BCUT2D eigenvalue weighted by Gasteiger charge is 2.20. The number of morpholine rings is 1. The maximum atomic E-state index is 8.94. The third-order valence-electron chi connectivity index (χ3n) is 3.27. The van der Waals surface area contributed by atoms with E-state index in [0.29, 0.717) is 0 Å². The van der Waals surface area contributed by atoms with Gasteiger partial charge in [0.15, 0.2) is 0 Å². The van der Waals surface area contributed by atoms with Crippen molar-refractivity contribution in [3.8, 4) is 6.07 Å². The minimum absolute atomic E-state index is 0.236. The molecule has 1 heterocycles. The van der Waals surface area contributed by atoms with E-state index in [4.69, 9.17) is 10.00 Å². The van der Waals surface area contributed by atoms with Crippen LogP contribution in [0.15, 0.2) is 18.2 Å². The fourth-order valence-electron chi connectivity index (χ4n) is 2.28. The molecule has 4 heteroatoms. The summed E-state index contributed by atoms with van der Waals surface area (Å²) in [6.45, 7) is 5.41. The van der Waals surface area contributed by atoms with Crippen molar-refractivity contribution in [1.29, 1.82) is 5.26 Å². The van der Waals surface area contributed by atoms with Crippen LogP contribution in [0, 0.1) is 18.3 Å². The fourth-order valence-corrected chi connectivity index (χ4v) is 2.28. The summed E-state index contributed by atoms with van der Waals surface area (Å²) in [5.41, 5.74) is 2.96. The molecule has 0 saturated carbocycles. The van der Waals surface area contributed by atoms with Crippen molar-refractivity contribution in [2.24, 2.45) is 0 Å². The maximum absolute atomic E-state index is 8.94. The van der Waals surface area contributed by atoms with E-state index in [-0.39, 0.29) is 6.10 Å². The first-order valence-electron chi connectivity index (χ1n) is 6.26. The van der Waals surface area contributed by atoms with Gasteiger partial charge < -0.3 is 15.0 Å². The Hall–Kier alpha value is -1.57. The van der Waals surface area contributed by atoms with E-state index < -0.39 is 0 Å². The van der Waals surface area contributed by atoms with E-state index in [9.17, 15) is 0 Å². The lowest BCUT2D eigenvalue weighted by atomic mass is 10.1. The zero-order chi connectivity index (χ0) is 13.0. The van der Waals surface area contributed by atoms with Crippen LogP contribution in [-0.4, -0.2) is 39.4 Å². The highest BCUT2D eigenvalue weighted by Crippen LogP contribution is 2.21. The number of rotatable bonds is 3. The van der Waals surface area contributed by atoms with Crippen molar-refractivity contribution in [2.75, 3.05) is 38.2 Å². The number of nitrogens with one attached hydrogen (secondary N) is 1. The van der Waals surface area contributed by atoms with Crippen molar-refractivity contribution in [3.05, 3.63) is 29.3 Å². The van der Waals surface area contributed by atoms with Crippen LogP contribution < -0.4 is 10.2 Å². The second-order valence-electron chi connectivity index (χ2n) is 4.61. The first-order chi connectivity index (χ1) is 8.74. The molecule has 0 aromatic heterocycles. The van der Waals surface area contributed by atoms with Gasteiger partial charge in [0.05, 0.1) is 24.3 Å². The average molecular weight is 245 g/mol. The molecule has 18 heavy (non-hydrogen) atoms. The molecule has 96 valence electrons. The quantitative estimate of drug-likeness (QED) is 0.872. The minimum Gasteiger partial charge on any atom is -0.373 e. The largest absolute Gasteiger partial charge is 0.373 e. The predicted octanol–water partition coefficient (Wildman–Crippen LogP) is 1.29. The normalized spacial score (nSPS) is 19.6. The van der Waals surface area contributed by atoms with Crippen LogP contribution in [0.1, 0.15) is 11.1 Å². The number of nitriles is 1. The highest BCUT2D eigenvalue weighted by molar-refractivity contribution is 5.53. The number of aryl methyl sites for hydroxylation is 1. The highest BCUT2D eigenvalue weighted by atomic mass is 16.5. The van der Waals surface area contributed by atoms with Crippen LogP contribution in [0.2, 0.25) is 0 Å². The Labute approximate surface area is 108 Å². The Morgan fingerprint density at radius 3 is 3.06 bits per heavy atom. The topological polar surface area (TPSA) is 48.3 Å². The standard InChI is InChI=1S/C14H19N3O/c1-11-7-13(4-3-12(11)8-15)17-5-6-18-14(10-17)9-16-2/h3-4,7,14,16H,5-6,9-10H2,1-2H3. The molecule has 4 nitrogen and oxygen atoms in total. The van der Waals surface area contributed by atoms with E-state index in [1.54, 1.807) is 0 Å². The van der Waals surface area contributed by atoms with Crippen molar-refractivity contribution in [3.63, 3.8) is 0 Å². The lowest BCUT2D eigenvalue weighted by Crippen LogP contribution is -2.46. The first kappa shape index (κ1) is 12.9. The van der Waals surface area contributed by atoms with Gasteiger partial charge in [0, 0.05) is 25.3 Å². The van der Waals surface area contributed by atoms with Gasteiger partial charge in [0.25, 0.3) is 0 Å². The van der Waals surface area contributed by atoms with Crippen LogP contribution in [0.5, 0.6) is 0 Å². The Morgan fingerprint density at radius 1 is 1.56 bits per heavy atom. The van der Waals surface area contributed by atoms with Crippen LogP contribution in [-0.2, 0) is 4.74 Å². The molecule has 0 radical (unpaired) electrons. The Bertz CT molecular complexity index is 451. The third kappa shape index (κ3) is 2.81. The number of anilines is 1. The van der Waals surface area contributed by atoms with Crippen LogP contribution in [0.25, 0.3) is 0 Å². The monoisotopic (exact) mass is 245 g/mol. The summed E-state index contributed by atoms with van der Waals surface area (Å²) < 4.78 is 5.69. The summed E-state index contributed by atoms with van der Waals surface area (Å²) in [5.74, 6) is 0. The summed E-state index contributed by atoms with van der Waals surface area (Å²) in [6.07, 6.45) is 0.236. The van der Waals surface area contributed by atoms with Gasteiger partial charge in [-0.05, 0) is 37.7 Å². The van der Waals surface area contributed by atoms with Gasteiger partial charge in [-0.2, -0.15) is 5.26 Å². The van der Waals surface area contributed by atoms with Gasteiger partial charge in [0.1, 0.15) is 0 Å². The zero-order valence-corrected chi connectivity index (χ0v) is 10.9. The van der Waals surface area contributed by atoms with Crippen LogP contribution in [0.4, 0.5) is 5.69 Å². The van der Waals surface area contributed by atoms with E-state index >= 15 is 0 Å². The van der Waals surface area contributed by atoms with Gasteiger partial charge in [-0.25, -0.2) is 0 Å². The number of likely N-dealkylation sites (N-methyl/N-ethyl adjacent to an activating group) is 1. The molecule has 0 spiro atoms. The molecule has 1 aliphatic rings. The van der Waals surface area contributed by atoms with Crippen molar-refractivity contribution in [2.45, 2.75) is 13.0 Å². The lowest BCUT2D eigenvalue weighted by Gasteiger charge is -2.34. The molecule has 1 N–H and O–H groups in total. The van der Waals surface area contributed by atoms with Crippen molar-refractivity contribution < 1.29 is 4.74 Å². The predicted molar refractivity (Wildman–Crippen MR) is 71.8 cm³/mol. The van der Waals surface area contributed by atoms with Gasteiger partial charge in [0.2, 0.25) is 0 Å². The first-order valence-corrected chi connectivity index (χ1v) is 6.26. The van der Waals surface area contributed by atoms with Crippen molar-refractivity contribution in [1.82, 2.24) is 5.32 Å². The molecule has 1 aromatic carbocycles. The Balaban J connectivity index is 2.11. The molecule has 2 rings (SSSR count). The maximum Gasteiger partial charge on any atom is 0.0994 e. The molecule has 0 amide bonds. The molecule has 1 atom stereocenters. The number of hydrogen-bond donors (Lipinski definition) is 1. The molecule has 0 aliphatic carbocycles. The van der Waals surface area contributed by atoms with E-state index in [0.717, 1.165) is 37.4 Å². The minimum atomic E-state index is 0.236. The molecule has 1 aliphatic heterocycles. The van der Waals surface area contributed by atoms with E-state index in [1.807, 2.05) is 26.1 Å². The van der Waals surface area contributed by atoms with E-state index in [1.165, 1.54) is 5.69 Å². The van der Waals surface area contributed by atoms with E-state index in [2.05, 4.69) is 22.4 Å². The Kier molecular flexibility index (Phi) is 4.19. The van der Waals surface area contributed by atoms with Gasteiger partial charge in [-0.1, -0.05) is 0 Å². The second kappa shape index (κ2) is 5.85. The molecule has 1 saturated heterocycles. The van der Waals surface area contributed by atoms with Gasteiger partial charge >= 0.3 is 0 Å². The lowest BCUT2D eigenvalue weighted by molar-refractivity contribution is 0.0422. The third-order valence-corrected chi connectivity index (χ3v) is 3.27. The van der Waals surface area contributed by atoms with Crippen molar-refractivity contribution >= 4 is 5.69 Å². The van der Waals surface area contributed by atoms with Gasteiger partial charge in [-0.15, -0.1) is 0 Å². The summed E-state index contributed by atoms with van der Waals surface area (Å²) in [4.78, 5) is 2.32. The number of benzene rings is 1. The second-order valence-corrected chi connectivity index (χ2v) is 4.61. The molecular weight excluding hydrogens is 226 g/mol. The summed E-state index contributed by atoms with van der Waals surface area (Å²) in [7, 11) is 1.94.